The van der Waals surface area contributed by atoms with E-state index in [0.29, 0.717) is 17.7 Å². The van der Waals surface area contributed by atoms with Gasteiger partial charge in [0, 0.05) is 42.4 Å². The molecule has 0 saturated carbocycles. The largest absolute Gasteiger partial charge is 0.369 e. The molecular formula is C16H16ClF2N3OS. The van der Waals surface area contributed by atoms with Gasteiger partial charge in [-0.15, -0.1) is 0 Å². The first-order valence-corrected chi connectivity index (χ1v) is 7.97. The lowest BCUT2D eigenvalue weighted by molar-refractivity contribution is -0.117. The molecule has 1 aliphatic rings. The standard InChI is InChI=1S/C16H16ClF2N3OS/c1-21-13(7-15(20)23)14-6-10(9-22(14)16(21)24)2-4-12(19)5-3-11(17)8-18/h3,5,10H,6-9H2,1H3,(H2,20,23)/b11-3+,12-5+/t10-/m1/s1. The average molecular weight is 372 g/mol. The molecule has 24 heavy (non-hydrogen) atoms. The third-order valence-corrected chi connectivity index (χ3v) is 4.42. The van der Waals surface area contributed by atoms with Crippen molar-refractivity contribution in [1.29, 1.82) is 0 Å². The van der Waals surface area contributed by atoms with Crippen molar-refractivity contribution in [2.45, 2.75) is 19.4 Å². The molecule has 0 saturated heterocycles. The number of alkyl halides is 1. The quantitative estimate of drug-likeness (QED) is 0.502. The van der Waals surface area contributed by atoms with Crippen LogP contribution in [-0.4, -0.2) is 21.7 Å². The van der Waals surface area contributed by atoms with Gasteiger partial charge in [-0.3, -0.25) is 4.79 Å². The van der Waals surface area contributed by atoms with E-state index in [1.807, 2.05) is 4.57 Å². The van der Waals surface area contributed by atoms with Crippen LogP contribution in [0.5, 0.6) is 0 Å². The number of carbonyl (C=O) groups is 1. The number of halogens is 3. The van der Waals surface area contributed by atoms with Crippen molar-refractivity contribution in [3.05, 3.63) is 39.2 Å². The van der Waals surface area contributed by atoms with E-state index in [2.05, 4.69) is 11.8 Å². The van der Waals surface area contributed by atoms with Gasteiger partial charge in [0.1, 0.15) is 6.67 Å². The summed E-state index contributed by atoms with van der Waals surface area (Å²) < 4.78 is 30.0. The van der Waals surface area contributed by atoms with Gasteiger partial charge in [0.25, 0.3) is 0 Å². The van der Waals surface area contributed by atoms with Crippen molar-refractivity contribution < 1.29 is 13.6 Å². The predicted molar refractivity (Wildman–Crippen MR) is 91.2 cm³/mol. The van der Waals surface area contributed by atoms with Crippen molar-refractivity contribution in [2.24, 2.45) is 18.7 Å². The van der Waals surface area contributed by atoms with E-state index in [4.69, 9.17) is 29.6 Å². The Morgan fingerprint density at radius 2 is 2.25 bits per heavy atom. The van der Waals surface area contributed by atoms with Gasteiger partial charge >= 0.3 is 0 Å². The van der Waals surface area contributed by atoms with E-state index < -0.39 is 18.4 Å². The van der Waals surface area contributed by atoms with Crippen LogP contribution in [-0.2, 0) is 31.2 Å². The van der Waals surface area contributed by atoms with E-state index in [1.165, 1.54) is 0 Å². The summed E-state index contributed by atoms with van der Waals surface area (Å²) in [6, 6.07) is 0. The number of primary amides is 1. The van der Waals surface area contributed by atoms with Gasteiger partial charge in [0.05, 0.1) is 6.42 Å². The molecule has 0 radical (unpaired) electrons. The van der Waals surface area contributed by atoms with E-state index in [-0.39, 0.29) is 17.4 Å². The molecule has 0 fully saturated rings. The van der Waals surface area contributed by atoms with Gasteiger partial charge in [-0.25, -0.2) is 4.39 Å². The molecule has 0 unspecified atom stereocenters. The maximum Gasteiger partial charge on any atom is 0.223 e. The molecule has 1 aromatic heterocycles. The van der Waals surface area contributed by atoms with Crippen LogP contribution in [0.25, 0.3) is 0 Å². The summed E-state index contributed by atoms with van der Waals surface area (Å²) >= 11 is 10.8. The Labute approximate surface area is 148 Å². The SMILES string of the molecule is Cn1c(CC(N)=O)c2n(c1=S)C[C@H](C#C/C(F)=C\C=C(\Cl)CF)C2. The third-order valence-electron chi connectivity index (χ3n) is 3.70. The van der Waals surface area contributed by atoms with Crippen molar-refractivity contribution >= 4 is 29.7 Å². The number of rotatable bonds is 4. The Kier molecular flexibility index (Phi) is 5.97. The van der Waals surface area contributed by atoms with Crippen LogP contribution in [0.4, 0.5) is 8.78 Å². The van der Waals surface area contributed by atoms with Crippen LogP contribution >= 0.6 is 23.8 Å². The van der Waals surface area contributed by atoms with E-state index >= 15 is 0 Å². The van der Waals surface area contributed by atoms with E-state index in [1.54, 1.807) is 11.6 Å². The van der Waals surface area contributed by atoms with Gasteiger partial charge in [0.15, 0.2) is 10.6 Å². The molecule has 2 heterocycles. The Balaban J connectivity index is 2.18. The summed E-state index contributed by atoms with van der Waals surface area (Å²) in [4.78, 5) is 11.2. The number of imidazole rings is 1. The summed E-state index contributed by atoms with van der Waals surface area (Å²) in [7, 11) is 1.79. The van der Waals surface area contributed by atoms with Crippen LogP contribution in [0.2, 0.25) is 0 Å². The Hall–Kier alpha value is -1.91. The summed E-state index contributed by atoms with van der Waals surface area (Å²) in [5.74, 6) is 3.98. The maximum absolute atomic E-state index is 13.6. The van der Waals surface area contributed by atoms with Gasteiger partial charge in [0.2, 0.25) is 5.91 Å². The molecular weight excluding hydrogens is 356 g/mol. The first-order chi connectivity index (χ1) is 11.3. The van der Waals surface area contributed by atoms with Crippen LogP contribution in [0.3, 0.4) is 0 Å². The fourth-order valence-corrected chi connectivity index (χ4v) is 2.96. The second-order valence-corrected chi connectivity index (χ2v) is 6.27. The zero-order chi connectivity index (χ0) is 17.9. The molecule has 1 aliphatic heterocycles. The van der Waals surface area contributed by atoms with E-state index in [0.717, 1.165) is 23.5 Å². The Bertz CT molecular complexity index is 842. The fraction of sp³-hybridized carbons (Fsp3) is 0.375. The van der Waals surface area contributed by atoms with Crippen molar-refractivity contribution in [3.63, 3.8) is 0 Å². The second kappa shape index (κ2) is 7.77. The normalized spacial score (nSPS) is 17.4. The number of hydrogen-bond acceptors (Lipinski definition) is 2. The third kappa shape index (κ3) is 4.13. The lowest BCUT2D eigenvalue weighted by atomic mass is 10.1. The molecule has 0 aromatic carbocycles. The number of hydrogen-bond donors (Lipinski definition) is 1. The molecule has 1 atom stereocenters. The Morgan fingerprint density at radius 3 is 2.88 bits per heavy atom. The number of amides is 1. The molecule has 0 aliphatic carbocycles. The topological polar surface area (TPSA) is 52.9 Å². The molecule has 0 bridgehead atoms. The zero-order valence-electron chi connectivity index (χ0n) is 13.0. The highest BCUT2D eigenvalue weighted by atomic mass is 35.5. The minimum atomic E-state index is -0.849. The van der Waals surface area contributed by atoms with Gasteiger partial charge in [-0.05, 0) is 30.3 Å². The molecule has 2 N–H and O–H groups in total. The molecule has 4 nitrogen and oxygen atoms in total. The predicted octanol–water partition coefficient (Wildman–Crippen LogP) is 2.71. The van der Waals surface area contributed by atoms with Crippen LogP contribution in [0, 0.1) is 22.5 Å². The highest BCUT2D eigenvalue weighted by molar-refractivity contribution is 7.71. The van der Waals surface area contributed by atoms with Crippen molar-refractivity contribution in [2.75, 3.05) is 6.67 Å². The summed E-state index contributed by atoms with van der Waals surface area (Å²) in [5.41, 5.74) is 6.95. The lowest BCUT2D eigenvalue weighted by Gasteiger charge is -2.04. The fourth-order valence-electron chi connectivity index (χ4n) is 2.60. The van der Waals surface area contributed by atoms with Crippen LogP contribution < -0.4 is 5.73 Å². The van der Waals surface area contributed by atoms with Gasteiger partial charge in [-0.1, -0.05) is 17.5 Å². The van der Waals surface area contributed by atoms with Crippen LogP contribution in [0.15, 0.2) is 23.0 Å². The minimum Gasteiger partial charge on any atom is -0.369 e. The summed E-state index contributed by atoms with van der Waals surface area (Å²) in [5, 5.41) is -0.0944. The monoisotopic (exact) mass is 371 g/mol. The average Bonchev–Trinajstić information content (AvgIpc) is 3.05. The molecule has 1 aromatic rings. The van der Waals surface area contributed by atoms with Crippen molar-refractivity contribution in [3.8, 4) is 11.8 Å². The highest BCUT2D eigenvalue weighted by Gasteiger charge is 2.26. The van der Waals surface area contributed by atoms with Gasteiger partial charge < -0.3 is 14.9 Å². The maximum atomic E-state index is 13.6. The van der Waals surface area contributed by atoms with E-state index in [9.17, 15) is 13.6 Å². The number of fused-ring (bicyclic) bond motifs is 1. The first-order valence-electron chi connectivity index (χ1n) is 7.18. The molecule has 128 valence electrons. The highest BCUT2D eigenvalue weighted by Crippen LogP contribution is 2.26. The number of allylic oxidation sites excluding steroid dienone is 4. The Morgan fingerprint density at radius 1 is 1.54 bits per heavy atom. The minimum absolute atomic E-state index is 0.0944. The molecule has 1 amide bonds. The van der Waals surface area contributed by atoms with Gasteiger partial charge in [-0.2, -0.15) is 4.39 Å². The molecule has 2 rings (SSSR count). The lowest BCUT2D eigenvalue weighted by Crippen LogP contribution is -2.17. The second-order valence-electron chi connectivity index (χ2n) is 5.42. The zero-order valence-corrected chi connectivity index (χ0v) is 14.6. The molecule has 0 spiro atoms. The first kappa shape index (κ1) is 18.4. The smallest absolute Gasteiger partial charge is 0.223 e. The van der Waals surface area contributed by atoms with Crippen LogP contribution in [0.1, 0.15) is 11.4 Å². The summed E-state index contributed by atoms with van der Waals surface area (Å²) in [6.45, 7) is -0.319. The van der Waals surface area contributed by atoms with Crippen molar-refractivity contribution in [1.82, 2.24) is 9.13 Å². The summed E-state index contributed by atoms with van der Waals surface area (Å²) in [6.07, 6.45) is 2.83. The number of carbonyl (C=O) groups excluding carboxylic acids is 1. The number of nitrogens with two attached hydrogens (primary N) is 1. The molecule has 8 heteroatoms. The number of nitrogens with zero attached hydrogens (tertiary/aromatic N) is 2. The number of aromatic nitrogens is 2.